The third-order valence-corrected chi connectivity index (χ3v) is 6.86. The first-order valence-electron chi connectivity index (χ1n) is 6.40. The quantitative estimate of drug-likeness (QED) is 0.692. The van der Waals surface area contributed by atoms with Gasteiger partial charge in [0.15, 0.2) is 0 Å². The maximum atomic E-state index is 2.26. The molecule has 0 aliphatic carbocycles. The molecule has 1 heteroatoms. The molecule has 3 rings (SSSR count). The summed E-state index contributed by atoms with van der Waals surface area (Å²) in [6.07, 6.45) is 0. The minimum atomic E-state index is -1.39. The fraction of sp³-hybridized carbons (Fsp3) is 0. The summed E-state index contributed by atoms with van der Waals surface area (Å²) < 4.78 is 4.44. The van der Waals surface area contributed by atoms with Crippen molar-refractivity contribution in [3.63, 3.8) is 0 Å². The third kappa shape index (κ3) is 2.81. The molecule has 0 aliphatic heterocycles. The second kappa shape index (κ2) is 5.92. The van der Waals surface area contributed by atoms with E-state index in [1.165, 1.54) is 12.8 Å². The van der Waals surface area contributed by atoms with Gasteiger partial charge in [-0.25, -0.2) is 0 Å². The Hall–Kier alpha value is -1.76. The minimum absolute atomic E-state index is 1.39. The fourth-order valence-electron chi connectivity index (χ4n) is 2.18. The van der Waals surface area contributed by atoms with E-state index in [1.807, 2.05) is 0 Å². The SMILES string of the molecule is c1cc[c]([V]([c]2ccccc2)[c]2ccccc2)cc1. The van der Waals surface area contributed by atoms with Crippen molar-refractivity contribution in [2.24, 2.45) is 0 Å². The Kier molecular flexibility index (Phi) is 3.83. The van der Waals surface area contributed by atoms with Crippen LogP contribution in [0.1, 0.15) is 0 Å². The second-order valence-electron chi connectivity index (χ2n) is 4.34. The molecule has 0 saturated heterocycles. The van der Waals surface area contributed by atoms with Gasteiger partial charge in [-0.05, 0) is 0 Å². The molecule has 0 atom stereocenters. The van der Waals surface area contributed by atoms with E-state index < -0.39 is 15.2 Å². The Morgan fingerprint density at radius 2 is 0.632 bits per heavy atom. The van der Waals surface area contributed by atoms with Crippen LogP contribution in [0.4, 0.5) is 0 Å². The van der Waals surface area contributed by atoms with Crippen molar-refractivity contribution >= 4 is 12.8 Å². The molecule has 0 heterocycles. The molecule has 0 radical (unpaired) electrons. The molecule has 0 saturated carbocycles. The Labute approximate surface area is 119 Å². The first kappa shape index (κ1) is 12.3. The van der Waals surface area contributed by atoms with Crippen molar-refractivity contribution in [3.8, 4) is 0 Å². The first-order valence-corrected chi connectivity index (χ1v) is 8.50. The summed E-state index contributed by atoms with van der Waals surface area (Å²) in [6.45, 7) is 0. The van der Waals surface area contributed by atoms with Crippen LogP contribution >= 0.6 is 0 Å². The van der Waals surface area contributed by atoms with Crippen molar-refractivity contribution < 1.29 is 15.2 Å². The zero-order chi connectivity index (χ0) is 12.9. The van der Waals surface area contributed by atoms with E-state index in [0.29, 0.717) is 0 Å². The summed E-state index contributed by atoms with van der Waals surface area (Å²) in [4.78, 5) is 0. The van der Waals surface area contributed by atoms with Crippen molar-refractivity contribution in [2.45, 2.75) is 0 Å². The molecule has 3 aromatic carbocycles. The topological polar surface area (TPSA) is 0 Å². The van der Waals surface area contributed by atoms with Gasteiger partial charge >= 0.3 is 119 Å². The molecule has 0 spiro atoms. The summed E-state index contributed by atoms with van der Waals surface area (Å²) in [5.41, 5.74) is 0. The second-order valence-corrected chi connectivity index (χ2v) is 7.81. The summed E-state index contributed by atoms with van der Waals surface area (Å²) in [6, 6.07) is 32.7. The van der Waals surface area contributed by atoms with E-state index in [4.69, 9.17) is 0 Å². The van der Waals surface area contributed by atoms with Crippen LogP contribution in [-0.4, -0.2) is 0 Å². The van der Waals surface area contributed by atoms with Gasteiger partial charge in [-0.15, -0.1) is 0 Å². The fourth-order valence-corrected chi connectivity index (χ4v) is 5.78. The molecule has 0 unspecified atom stereocenters. The predicted molar refractivity (Wildman–Crippen MR) is 78.2 cm³/mol. The zero-order valence-electron chi connectivity index (χ0n) is 10.6. The van der Waals surface area contributed by atoms with Gasteiger partial charge in [0, 0.05) is 0 Å². The van der Waals surface area contributed by atoms with Gasteiger partial charge in [0.2, 0.25) is 0 Å². The molecule has 3 aromatic rings. The van der Waals surface area contributed by atoms with Crippen LogP contribution < -0.4 is 12.8 Å². The van der Waals surface area contributed by atoms with E-state index in [9.17, 15) is 0 Å². The number of hydrogen-bond donors (Lipinski definition) is 0. The standard InChI is InChI=1S/3C6H5.V/c3*1-2-4-6-5-3-1;/h3*1-5H;. The van der Waals surface area contributed by atoms with Crippen molar-refractivity contribution in [1.29, 1.82) is 0 Å². The average Bonchev–Trinajstić information content (AvgIpc) is 2.51. The molecule has 0 bridgehead atoms. The zero-order valence-corrected chi connectivity index (χ0v) is 12.0. The average molecular weight is 282 g/mol. The molecule has 0 fully saturated rings. The van der Waals surface area contributed by atoms with Crippen LogP contribution in [-0.2, 0) is 15.2 Å². The predicted octanol–water partition coefficient (Wildman–Crippen LogP) is 2.58. The molecular weight excluding hydrogens is 267 g/mol. The van der Waals surface area contributed by atoms with Crippen LogP contribution in [0.15, 0.2) is 91.0 Å². The molecule has 0 amide bonds. The van der Waals surface area contributed by atoms with Crippen LogP contribution in [0.3, 0.4) is 0 Å². The van der Waals surface area contributed by atoms with Gasteiger partial charge < -0.3 is 0 Å². The van der Waals surface area contributed by atoms with Gasteiger partial charge in [0.05, 0.1) is 0 Å². The molecule has 0 nitrogen and oxygen atoms in total. The van der Waals surface area contributed by atoms with Gasteiger partial charge in [0.1, 0.15) is 0 Å². The summed E-state index contributed by atoms with van der Waals surface area (Å²) in [5, 5.41) is 0. The summed E-state index contributed by atoms with van der Waals surface area (Å²) >= 11 is -1.39. The van der Waals surface area contributed by atoms with Crippen molar-refractivity contribution in [3.05, 3.63) is 91.0 Å². The summed E-state index contributed by atoms with van der Waals surface area (Å²) in [7, 11) is 0. The molecule has 0 aromatic heterocycles. The van der Waals surface area contributed by atoms with Crippen LogP contribution in [0.2, 0.25) is 0 Å². The summed E-state index contributed by atoms with van der Waals surface area (Å²) in [5.74, 6) is 0. The molecule has 0 aliphatic rings. The molecule has 19 heavy (non-hydrogen) atoms. The van der Waals surface area contributed by atoms with Gasteiger partial charge in [-0.1, -0.05) is 0 Å². The molecule has 0 N–H and O–H groups in total. The maximum absolute atomic E-state index is 2.26. The third-order valence-electron chi connectivity index (χ3n) is 3.04. The van der Waals surface area contributed by atoms with E-state index in [2.05, 4.69) is 91.0 Å². The molecular formula is C18H15V. The van der Waals surface area contributed by atoms with Gasteiger partial charge in [-0.2, -0.15) is 0 Å². The van der Waals surface area contributed by atoms with Gasteiger partial charge in [0.25, 0.3) is 0 Å². The number of hydrogen-bond acceptors (Lipinski definition) is 0. The van der Waals surface area contributed by atoms with E-state index in [0.717, 1.165) is 0 Å². The Morgan fingerprint density at radius 1 is 0.368 bits per heavy atom. The first-order chi connectivity index (χ1) is 9.45. The normalized spacial score (nSPS) is 10.6. The Bertz CT molecular complexity index is 524. The number of rotatable bonds is 3. The molecule has 92 valence electrons. The van der Waals surface area contributed by atoms with E-state index in [-0.39, 0.29) is 0 Å². The van der Waals surface area contributed by atoms with Crippen LogP contribution in [0.25, 0.3) is 0 Å². The monoisotopic (exact) mass is 282 g/mol. The van der Waals surface area contributed by atoms with Crippen LogP contribution in [0, 0.1) is 0 Å². The van der Waals surface area contributed by atoms with Crippen molar-refractivity contribution in [2.75, 3.05) is 0 Å². The Morgan fingerprint density at radius 3 is 0.895 bits per heavy atom. The van der Waals surface area contributed by atoms with Crippen LogP contribution in [0.5, 0.6) is 0 Å². The van der Waals surface area contributed by atoms with Gasteiger partial charge in [-0.3, -0.25) is 0 Å². The Balaban J connectivity index is 2.12. The van der Waals surface area contributed by atoms with Crippen molar-refractivity contribution in [1.82, 2.24) is 0 Å². The van der Waals surface area contributed by atoms with E-state index >= 15 is 0 Å². The number of benzene rings is 3. The van der Waals surface area contributed by atoms with E-state index in [1.54, 1.807) is 0 Å².